The lowest BCUT2D eigenvalue weighted by molar-refractivity contribution is -0.0681. The quantitative estimate of drug-likeness (QED) is 0.642. The summed E-state index contributed by atoms with van der Waals surface area (Å²) in [6.07, 6.45) is -4.40. The molecule has 0 fully saturated rings. The van der Waals surface area contributed by atoms with Crippen LogP contribution in [0.15, 0.2) is 5.10 Å². The highest BCUT2D eigenvalue weighted by atomic mass is 19.4. The second-order valence-electron chi connectivity index (χ2n) is 2.30. The lowest BCUT2D eigenvalue weighted by Crippen LogP contribution is -2.44. The Labute approximate surface area is 67.6 Å². The van der Waals surface area contributed by atoms with E-state index in [4.69, 9.17) is 0 Å². The van der Waals surface area contributed by atoms with Crippen molar-refractivity contribution in [3.63, 3.8) is 0 Å². The van der Waals surface area contributed by atoms with Gasteiger partial charge in [-0.2, -0.15) is 13.2 Å². The van der Waals surface area contributed by atoms with Gasteiger partial charge in [0.25, 0.3) is 0 Å². The molecule has 0 bridgehead atoms. The number of nitrogens with zero attached hydrogens (tertiary/aromatic N) is 3. The van der Waals surface area contributed by atoms with Crippen LogP contribution in [0.2, 0.25) is 0 Å². The standard InChI is InChI=1S/C5H9F3N4/c1-3-12-9-4(5(6,7)8)11(2)10-12/h10H,3H2,1-2H3. The monoisotopic (exact) mass is 182 g/mol. The van der Waals surface area contributed by atoms with Gasteiger partial charge in [0.15, 0.2) is 0 Å². The molecule has 1 rings (SSSR count). The number of halogens is 3. The van der Waals surface area contributed by atoms with Gasteiger partial charge >= 0.3 is 6.18 Å². The zero-order valence-corrected chi connectivity index (χ0v) is 6.68. The van der Waals surface area contributed by atoms with E-state index >= 15 is 0 Å². The van der Waals surface area contributed by atoms with Crippen molar-refractivity contribution in [3.8, 4) is 0 Å². The average molecular weight is 182 g/mol. The van der Waals surface area contributed by atoms with Crippen LogP contribution in [0.5, 0.6) is 0 Å². The van der Waals surface area contributed by atoms with E-state index in [1.165, 1.54) is 7.05 Å². The predicted octanol–water partition coefficient (Wildman–Crippen LogP) is 0.549. The van der Waals surface area contributed by atoms with Gasteiger partial charge in [-0.05, 0) is 6.92 Å². The minimum absolute atomic E-state index is 0.379. The number of nitrogens with one attached hydrogen (secondary N) is 1. The van der Waals surface area contributed by atoms with Crippen molar-refractivity contribution in [3.05, 3.63) is 0 Å². The van der Waals surface area contributed by atoms with Crippen molar-refractivity contribution < 1.29 is 13.2 Å². The maximum Gasteiger partial charge on any atom is 0.452 e. The second kappa shape index (κ2) is 2.81. The fraction of sp³-hybridized carbons (Fsp3) is 0.800. The second-order valence-corrected chi connectivity index (χ2v) is 2.30. The van der Waals surface area contributed by atoms with Gasteiger partial charge < -0.3 is 0 Å². The largest absolute Gasteiger partial charge is 0.452 e. The maximum atomic E-state index is 12.1. The van der Waals surface area contributed by atoms with Gasteiger partial charge in [-0.15, -0.1) is 10.6 Å². The summed E-state index contributed by atoms with van der Waals surface area (Å²) in [4.78, 5) is 0. The summed E-state index contributed by atoms with van der Waals surface area (Å²) >= 11 is 0. The first kappa shape index (κ1) is 9.11. The molecule has 1 aliphatic heterocycles. The van der Waals surface area contributed by atoms with Gasteiger partial charge in [-0.25, -0.2) is 5.12 Å². The predicted molar refractivity (Wildman–Crippen MR) is 36.8 cm³/mol. The van der Waals surface area contributed by atoms with Crippen LogP contribution in [0.1, 0.15) is 6.92 Å². The molecular weight excluding hydrogens is 173 g/mol. The fourth-order valence-corrected chi connectivity index (χ4v) is 0.813. The van der Waals surface area contributed by atoms with Crippen LogP contribution in [-0.2, 0) is 0 Å². The molecule has 0 spiro atoms. The highest BCUT2D eigenvalue weighted by Gasteiger charge is 2.42. The zero-order chi connectivity index (χ0) is 9.35. The van der Waals surface area contributed by atoms with E-state index < -0.39 is 12.0 Å². The molecule has 0 saturated heterocycles. The van der Waals surface area contributed by atoms with Gasteiger partial charge in [-0.1, -0.05) is 0 Å². The number of alkyl halides is 3. The molecule has 0 atom stereocenters. The fourth-order valence-electron chi connectivity index (χ4n) is 0.813. The van der Waals surface area contributed by atoms with Crippen LogP contribution in [0.3, 0.4) is 0 Å². The Morgan fingerprint density at radius 1 is 1.50 bits per heavy atom. The van der Waals surface area contributed by atoms with E-state index in [-0.39, 0.29) is 0 Å². The first-order chi connectivity index (χ1) is 5.45. The number of hydrazone groups is 1. The third-order valence-electron chi connectivity index (χ3n) is 1.35. The molecule has 4 nitrogen and oxygen atoms in total. The Kier molecular flexibility index (Phi) is 2.14. The van der Waals surface area contributed by atoms with Crippen LogP contribution in [0.25, 0.3) is 0 Å². The molecule has 12 heavy (non-hydrogen) atoms. The van der Waals surface area contributed by atoms with E-state index in [0.29, 0.717) is 6.54 Å². The van der Waals surface area contributed by atoms with Crippen molar-refractivity contribution in [1.29, 1.82) is 0 Å². The Balaban J connectivity index is 2.76. The summed E-state index contributed by atoms with van der Waals surface area (Å²) in [5.74, 6) is -0.927. The lowest BCUT2D eigenvalue weighted by Gasteiger charge is -2.16. The third kappa shape index (κ3) is 1.60. The Morgan fingerprint density at radius 3 is 2.33 bits per heavy atom. The van der Waals surface area contributed by atoms with Gasteiger partial charge in [0.2, 0.25) is 5.84 Å². The normalized spacial score (nSPS) is 18.6. The SMILES string of the molecule is CCN1N=C(C(F)(F)F)N(C)N1. The average Bonchev–Trinajstić information content (AvgIpc) is 2.29. The number of hydrogen-bond acceptors (Lipinski definition) is 4. The van der Waals surface area contributed by atoms with Gasteiger partial charge in [-0.3, -0.25) is 5.01 Å². The Hall–Kier alpha value is -0.980. The molecule has 0 radical (unpaired) electrons. The highest BCUT2D eigenvalue weighted by molar-refractivity contribution is 5.87. The van der Waals surface area contributed by atoms with Crippen molar-refractivity contribution in [1.82, 2.24) is 15.7 Å². The van der Waals surface area contributed by atoms with Crippen LogP contribution >= 0.6 is 0 Å². The summed E-state index contributed by atoms with van der Waals surface area (Å²) in [5.41, 5.74) is 2.40. The van der Waals surface area contributed by atoms with Crippen molar-refractivity contribution in [2.45, 2.75) is 13.1 Å². The molecule has 0 amide bonds. The van der Waals surface area contributed by atoms with Gasteiger partial charge in [0, 0.05) is 7.05 Å². The van der Waals surface area contributed by atoms with Gasteiger partial charge in [0.1, 0.15) is 0 Å². The van der Waals surface area contributed by atoms with Crippen LogP contribution < -0.4 is 5.53 Å². The molecule has 0 saturated carbocycles. The van der Waals surface area contributed by atoms with E-state index in [1.54, 1.807) is 6.92 Å². The molecule has 7 heteroatoms. The van der Waals surface area contributed by atoms with E-state index in [0.717, 1.165) is 10.1 Å². The van der Waals surface area contributed by atoms with E-state index in [9.17, 15) is 13.2 Å². The molecule has 0 aromatic heterocycles. The topological polar surface area (TPSA) is 30.9 Å². The Bertz CT molecular complexity index is 199. The molecule has 0 aromatic carbocycles. The van der Waals surface area contributed by atoms with Crippen molar-refractivity contribution in [2.24, 2.45) is 5.10 Å². The van der Waals surface area contributed by atoms with Crippen LogP contribution in [0.4, 0.5) is 13.2 Å². The minimum atomic E-state index is -4.40. The van der Waals surface area contributed by atoms with E-state index in [2.05, 4.69) is 10.6 Å². The van der Waals surface area contributed by atoms with E-state index in [1.807, 2.05) is 0 Å². The number of hydrazine groups is 2. The first-order valence-electron chi connectivity index (χ1n) is 3.38. The number of amidine groups is 1. The highest BCUT2D eigenvalue weighted by Crippen LogP contribution is 2.21. The molecular formula is C5H9F3N4. The molecule has 1 heterocycles. The summed E-state index contributed by atoms with van der Waals surface area (Å²) in [6, 6.07) is 0. The van der Waals surface area contributed by atoms with Gasteiger partial charge in [0.05, 0.1) is 6.54 Å². The molecule has 0 unspecified atom stereocenters. The summed E-state index contributed by atoms with van der Waals surface area (Å²) < 4.78 is 36.2. The molecule has 0 aromatic rings. The minimum Gasteiger partial charge on any atom is -0.270 e. The maximum absolute atomic E-state index is 12.1. The molecule has 1 aliphatic rings. The van der Waals surface area contributed by atoms with Crippen LogP contribution in [0, 0.1) is 0 Å². The zero-order valence-electron chi connectivity index (χ0n) is 6.68. The third-order valence-corrected chi connectivity index (χ3v) is 1.35. The lowest BCUT2D eigenvalue weighted by atomic mass is 10.6. The number of hydrogen-bond donors (Lipinski definition) is 1. The van der Waals surface area contributed by atoms with Crippen molar-refractivity contribution in [2.75, 3.05) is 13.6 Å². The summed E-state index contributed by atoms with van der Waals surface area (Å²) in [6.45, 7) is 2.08. The molecule has 1 N–H and O–H groups in total. The summed E-state index contributed by atoms with van der Waals surface area (Å²) in [7, 11) is 1.27. The Morgan fingerprint density at radius 2 is 2.08 bits per heavy atom. The van der Waals surface area contributed by atoms with Crippen molar-refractivity contribution >= 4 is 5.84 Å². The molecule has 0 aliphatic carbocycles. The smallest absolute Gasteiger partial charge is 0.270 e. The molecule has 70 valence electrons. The van der Waals surface area contributed by atoms with Crippen LogP contribution in [-0.4, -0.2) is 35.7 Å². The number of rotatable bonds is 1. The first-order valence-corrected chi connectivity index (χ1v) is 3.38. The summed E-state index contributed by atoms with van der Waals surface area (Å²) in [5, 5.41) is 5.25.